The van der Waals surface area contributed by atoms with Gasteiger partial charge in [-0.2, -0.15) is 0 Å². The fourth-order valence-electron chi connectivity index (χ4n) is 3.29. The zero-order valence-corrected chi connectivity index (χ0v) is 16.9. The number of rotatable bonds is 10. The SMILES string of the molecule is CCOC1CC(N)(C(=O)NCCCOCCc2ccccc2)C1(C)C.Cl. The van der Waals surface area contributed by atoms with Gasteiger partial charge in [-0.1, -0.05) is 44.2 Å². The molecule has 0 heterocycles. The van der Waals surface area contributed by atoms with Gasteiger partial charge in [-0.3, -0.25) is 4.79 Å². The van der Waals surface area contributed by atoms with Crippen LogP contribution in [0.15, 0.2) is 30.3 Å². The van der Waals surface area contributed by atoms with Crippen LogP contribution in [0, 0.1) is 5.41 Å². The number of ether oxygens (including phenoxy) is 2. The van der Waals surface area contributed by atoms with Gasteiger partial charge in [0.05, 0.1) is 12.7 Å². The summed E-state index contributed by atoms with van der Waals surface area (Å²) < 4.78 is 11.3. The van der Waals surface area contributed by atoms with Crippen LogP contribution in [0.3, 0.4) is 0 Å². The lowest BCUT2D eigenvalue weighted by atomic mass is 9.54. The number of halogens is 1. The van der Waals surface area contributed by atoms with Crippen LogP contribution in [0.2, 0.25) is 0 Å². The number of nitrogens with two attached hydrogens (primary N) is 1. The van der Waals surface area contributed by atoms with E-state index in [1.807, 2.05) is 39.0 Å². The van der Waals surface area contributed by atoms with Crippen molar-refractivity contribution in [2.75, 3.05) is 26.4 Å². The van der Waals surface area contributed by atoms with E-state index in [0.29, 0.717) is 32.8 Å². The van der Waals surface area contributed by atoms with E-state index >= 15 is 0 Å². The first-order chi connectivity index (χ1) is 11.9. The summed E-state index contributed by atoms with van der Waals surface area (Å²) in [5, 5.41) is 2.95. The van der Waals surface area contributed by atoms with Gasteiger partial charge in [-0.05, 0) is 25.3 Å². The molecular formula is C20H33ClN2O3. The number of amides is 1. The zero-order chi connectivity index (χ0) is 18.3. The van der Waals surface area contributed by atoms with Gasteiger partial charge in [0.25, 0.3) is 0 Å². The maximum Gasteiger partial charge on any atom is 0.240 e. The van der Waals surface area contributed by atoms with Crippen molar-refractivity contribution in [1.82, 2.24) is 5.32 Å². The number of hydrogen-bond acceptors (Lipinski definition) is 4. The molecule has 1 aromatic rings. The third-order valence-corrected chi connectivity index (χ3v) is 5.36. The van der Waals surface area contributed by atoms with Gasteiger partial charge in [0, 0.05) is 31.6 Å². The Labute approximate surface area is 163 Å². The van der Waals surface area contributed by atoms with E-state index < -0.39 is 5.54 Å². The van der Waals surface area contributed by atoms with E-state index in [1.54, 1.807) is 0 Å². The molecule has 3 N–H and O–H groups in total. The predicted molar refractivity (Wildman–Crippen MR) is 107 cm³/mol. The molecule has 0 spiro atoms. The molecule has 26 heavy (non-hydrogen) atoms. The van der Waals surface area contributed by atoms with E-state index in [4.69, 9.17) is 15.2 Å². The van der Waals surface area contributed by atoms with Crippen molar-refractivity contribution in [3.05, 3.63) is 35.9 Å². The smallest absolute Gasteiger partial charge is 0.240 e. The average Bonchev–Trinajstić information content (AvgIpc) is 2.61. The standard InChI is InChI=1S/C20H32N2O3.ClH/c1-4-25-17-15-20(21,19(17,2)3)18(23)22-12-8-13-24-14-11-16-9-6-5-7-10-16;/h5-7,9-10,17H,4,8,11-15,21H2,1-3H3,(H,22,23);1H. The number of carbonyl (C=O) groups excluding carboxylic acids is 1. The lowest BCUT2D eigenvalue weighted by Crippen LogP contribution is -2.75. The van der Waals surface area contributed by atoms with E-state index in [1.165, 1.54) is 5.56 Å². The first kappa shape index (κ1) is 22.9. The fourth-order valence-corrected chi connectivity index (χ4v) is 3.29. The summed E-state index contributed by atoms with van der Waals surface area (Å²) >= 11 is 0. The molecule has 1 aliphatic carbocycles. The van der Waals surface area contributed by atoms with Crippen molar-refractivity contribution in [3.63, 3.8) is 0 Å². The minimum absolute atomic E-state index is 0. The molecule has 1 aliphatic rings. The van der Waals surface area contributed by atoms with Crippen LogP contribution in [0.4, 0.5) is 0 Å². The molecule has 1 amide bonds. The normalized spacial score (nSPS) is 23.6. The second-order valence-electron chi connectivity index (χ2n) is 7.30. The summed E-state index contributed by atoms with van der Waals surface area (Å²) in [5.41, 5.74) is 6.43. The first-order valence-electron chi connectivity index (χ1n) is 9.22. The van der Waals surface area contributed by atoms with Crippen LogP contribution in [-0.4, -0.2) is 43.9 Å². The number of carbonyl (C=O) groups is 1. The second kappa shape index (κ2) is 10.3. The Balaban J connectivity index is 0.00000338. The van der Waals surface area contributed by atoms with Crippen LogP contribution in [0.5, 0.6) is 0 Å². The molecule has 1 aromatic carbocycles. The molecule has 1 fully saturated rings. The molecule has 2 unspecified atom stereocenters. The minimum Gasteiger partial charge on any atom is -0.381 e. The van der Waals surface area contributed by atoms with Crippen LogP contribution in [-0.2, 0) is 20.7 Å². The predicted octanol–water partition coefficient (Wildman–Crippen LogP) is 2.71. The van der Waals surface area contributed by atoms with Gasteiger partial charge in [-0.15, -0.1) is 12.4 Å². The molecule has 5 nitrogen and oxygen atoms in total. The van der Waals surface area contributed by atoms with Gasteiger partial charge < -0.3 is 20.5 Å². The maximum atomic E-state index is 12.5. The summed E-state index contributed by atoms with van der Waals surface area (Å²) in [5.74, 6) is -0.0854. The highest BCUT2D eigenvalue weighted by atomic mass is 35.5. The Hall–Kier alpha value is -1.14. The summed E-state index contributed by atoms with van der Waals surface area (Å²) in [7, 11) is 0. The van der Waals surface area contributed by atoms with E-state index in [0.717, 1.165) is 12.8 Å². The Kier molecular flexibility index (Phi) is 9.04. The van der Waals surface area contributed by atoms with Crippen molar-refractivity contribution in [2.24, 2.45) is 11.1 Å². The van der Waals surface area contributed by atoms with Crippen LogP contribution < -0.4 is 11.1 Å². The fraction of sp³-hybridized carbons (Fsp3) is 0.650. The summed E-state index contributed by atoms with van der Waals surface area (Å²) in [6.07, 6.45) is 2.32. The zero-order valence-electron chi connectivity index (χ0n) is 16.1. The molecular weight excluding hydrogens is 352 g/mol. The molecule has 2 rings (SSSR count). The number of hydrogen-bond donors (Lipinski definition) is 2. The number of benzene rings is 1. The van der Waals surface area contributed by atoms with Gasteiger partial charge in [0.15, 0.2) is 0 Å². The first-order valence-corrected chi connectivity index (χ1v) is 9.22. The quantitative estimate of drug-likeness (QED) is 0.608. The molecule has 0 bridgehead atoms. The average molecular weight is 385 g/mol. The largest absolute Gasteiger partial charge is 0.381 e. The summed E-state index contributed by atoms with van der Waals surface area (Å²) in [4.78, 5) is 12.5. The third kappa shape index (κ3) is 5.19. The van der Waals surface area contributed by atoms with E-state index in [-0.39, 0.29) is 29.8 Å². The number of nitrogens with one attached hydrogen (secondary N) is 1. The Bertz CT molecular complexity index is 553. The molecule has 1 saturated carbocycles. The van der Waals surface area contributed by atoms with Crippen molar-refractivity contribution in [3.8, 4) is 0 Å². The second-order valence-corrected chi connectivity index (χ2v) is 7.30. The summed E-state index contributed by atoms with van der Waals surface area (Å²) in [6, 6.07) is 10.3. The van der Waals surface area contributed by atoms with Crippen molar-refractivity contribution >= 4 is 18.3 Å². The minimum atomic E-state index is -0.846. The van der Waals surface area contributed by atoms with Gasteiger partial charge in [-0.25, -0.2) is 0 Å². The van der Waals surface area contributed by atoms with Gasteiger partial charge >= 0.3 is 0 Å². The van der Waals surface area contributed by atoms with Gasteiger partial charge in [0.2, 0.25) is 5.91 Å². The molecule has 2 atom stereocenters. The van der Waals surface area contributed by atoms with Crippen molar-refractivity contribution in [1.29, 1.82) is 0 Å². The highest BCUT2D eigenvalue weighted by Crippen LogP contribution is 2.49. The Morgan fingerprint density at radius 1 is 1.27 bits per heavy atom. The molecule has 148 valence electrons. The van der Waals surface area contributed by atoms with E-state index in [2.05, 4.69) is 17.4 Å². The Morgan fingerprint density at radius 3 is 2.58 bits per heavy atom. The van der Waals surface area contributed by atoms with Crippen molar-refractivity contribution in [2.45, 2.75) is 51.7 Å². The van der Waals surface area contributed by atoms with Crippen molar-refractivity contribution < 1.29 is 14.3 Å². The molecule has 0 aliphatic heterocycles. The van der Waals surface area contributed by atoms with Gasteiger partial charge in [0.1, 0.15) is 5.54 Å². The Morgan fingerprint density at radius 2 is 1.96 bits per heavy atom. The van der Waals surface area contributed by atoms with Crippen LogP contribution in [0.1, 0.15) is 39.2 Å². The molecule has 0 aromatic heterocycles. The third-order valence-electron chi connectivity index (χ3n) is 5.36. The molecule has 6 heteroatoms. The lowest BCUT2D eigenvalue weighted by Gasteiger charge is -2.57. The monoisotopic (exact) mass is 384 g/mol. The molecule has 0 saturated heterocycles. The van der Waals surface area contributed by atoms with Crippen LogP contribution in [0.25, 0.3) is 0 Å². The summed E-state index contributed by atoms with van der Waals surface area (Å²) in [6.45, 7) is 8.53. The highest BCUT2D eigenvalue weighted by Gasteiger charge is 2.62. The lowest BCUT2D eigenvalue weighted by molar-refractivity contribution is -0.170. The highest BCUT2D eigenvalue weighted by molar-refractivity contribution is 5.88. The van der Waals surface area contributed by atoms with Crippen LogP contribution >= 0.6 is 12.4 Å². The van der Waals surface area contributed by atoms with E-state index in [9.17, 15) is 4.79 Å². The molecule has 0 radical (unpaired) electrons. The topological polar surface area (TPSA) is 73.6 Å². The maximum absolute atomic E-state index is 12.5.